The van der Waals surface area contributed by atoms with E-state index in [4.69, 9.17) is 5.26 Å². The molecule has 5 amide bonds. The van der Waals surface area contributed by atoms with Crippen molar-refractivity contribution in [1.82, 2.24) is 20.5 Å². The van der Waals surface area contributed by atoms with Crippen molar-refractivity contribution in [3.63, 3.8) is 0 Å². The predicted octanol–water partition coefficient (Wildman–Crippen LogP) is 3.50. The van der Waals surface area contributed by atoms with E-state index in [0.717, 1.165) is 16.1 Å². The number of nitrogens with one attached hydrogen (secondary N) is 3. The minimum Gasteiger partial charge on any atom is -0.329 e. The lowest BCUT2D eigenvalue weighted by molar-refractivity contribution is -0.136. The monoisotopic (exact) mass is 528 g/mol. The zero-order valence-electron chi connectivity index (χ0n) is 20.7. The quantitative estimate of drug-likeness (QED) is 0.433. The first-order valence-electron chi connectivity index (χ1n) is 12.0. The minimum absolute atomic E-state index is 0.190. The maximum atomic E-state index is 12.9. The number of amides is 5. The first kappa shape index (κ1) is 25.1. The number of fused-ring (bicyclic) bond motifs is 1. The van der Waals surface area contributed by atoms with Gasteiger partial charge in [-0.3, -0.25) is 19.7 Å². The Morgan fingerprint density at radius 1 is 1.18 bits per heavy atom. The Morgan fingerprint density at radius 3 is 2.63 bits per heavy atom. The Kier molecular flexibility index (Phi) is 6.42. The zero-order chi connectivity index (χ0) is 27.0. The fraction of sp³-hybridized carbons (Fsp3) is 0.259. The molecule has 1 saturated heterocycles. The molecule has 1 aromatic heterocycles. The normalized spacial score (nSPS) is 17.0. The van der Waals surface area contributed by atoms with Crippen LogP contribution in [-0.4, -0.2) is 39.7 Å². The third-order valence-corrected chi connectivity index (χ3v) is 7.63. The second-order valence-corrected chi connectivity index (χ2v) is 10.7. The topological polar surface area (TPSA) is 144 Å². The third-order valence-electron chi connectivity index (χ3n) is 6.68. The van der Waals surface area contributed by atoms with Crippen LogP contribution in [0.5, 0.6) is 0 Å². The van der Waals surface area contributed by atoms with Crippen molar-refractivity contribution < 1.29 is 19.2 Å². The first-order valence-corrected chi connectivity index (χ1v) is 12.8. The van der Waals surface area contributed by atoms with E-state index in [-0.39, 0.29) is 24.8 Å². The molecule has 2 aliphatic rings. The van der Waals surface area contributed by atoms with Crippen molar-refractivity contribution in [2.45, 2.75) is 44.8 Å². The number of hydrogen-bond acceptors (Lipinski definition) is 7. The van der Waals surface area contributed by atoms with Gasteiger partial charge in [0.1, 0.15) is 22.0 Å². The number of nitriles is 1. The lowest BCUT2D eigenvalue weighted by Crippen LogP contribution is -2.52. The highest BCUT2D eigenvalue weighted by Crippen LogP contribution is 2.30. The van der Waals surface area contributed by atoms with Gasteiger partial charge in [-0.15, -0.1) is 11.3 Å². The van der Waals surface area contributed by atoms with E-state index >= 15 is 0 Å². The molecular weight excluding hydrogens is 504 g/mol. The summed E-state index contributed by atoms with van der Waals surface area (Å²) in [6.07, 6.45) is 2.03. The van der Waals surface area contributed by atoms with Gasteiger partial charge >= 0.3 is 6.03 Å². The summed E-state index contributed by atoms with van der Waals surface area (Å²) in [5, 5.41) is 17.9. The molecule has 0 aliphatic carbocycles. The molecule has 192 valence electrons. The number of aromatic nitrogens is 1. The molecule has 3 heterocycles. The number of anilines is 1. The lowest BCUT2D eigenvalue weighted by Gasteiger charge is -2.29. The number of carbonyl (C=O) groups is 4. The van der Waals surface area contributed by atoms with Gasteiger partial charge in [0.05, 0.1) is 11.7 Å². The Labute approximate surface area is 222 Å². The summed E-state index contributed by atoms with van der Waals surface area (Å²) in [7, 11) is 0. The van der Waals surface area contributed by atoms with Crippen LogP contribution in [0.2, 0.25) is 0 Å². The van der Waals surface area contributed by atoms with Crippen LogP contribution in [0.1, 0.15) is 53.1 Å². The minimum atomic E-state index is -0.696. The molecule has 0 bridgehead atoms. The molecule has 5 rings (SSSR count). The van der Waals surface area contributed by atoms with Crippen LogP contribution >= 0.6 is 11.3 Å². The number of imide groups is 1. The summed E-state index contributed by atoms with van der Waals surface area (Å²) in [5.74, 6) is -1.06. The number of hydrogen-bond donors (Lipinski definition) is 3. The van der Waals surface area contributed by atoms with E-state index in [9.17, 15) is 19.2 Å². The molecule has 1 atom stereocenters. The van der Waals surface area contributed by atoms with E-state index in [2.05, 4.69) is 27.0 Å². The molecule has 3 aromatic rings. The van der Waals surface area contributed by atoms with Crippen LogP contribution in [0, 0.1) is 11.3 Å². The first-order chi connectivity index (χ1) is 18.1. The predicted molar refractivity (Wildman–Crippen MR) is 140 cm³/mol. The molecule has 0 spiro atoms. The Hall–Kier alpha value is -4.56. The number of carbonyl (C=O) groups excluding carboxylic acids is 4. The maximum absolute atomic E-state index is 12.9. The van der Waals surface area contributed by atoms with Gasteiger partial charge in [-0.05, 0) is 49.6 Å². The van der Waals surface area contributed by atoms with Crippen molar-refractivity contribution in [3.8, 4) is 16.6 Å². The van der Waals surface area contributed by atoms with E-state index < -0.39 is 23.5 Å². The number of benzene rings is 2. The van der Waals surface area contributed by atoms with Crippen LogP contribution in [0.15, 0.2) is 48.7 Å². The average Bonchev–Trinajstić information content (AvgIpc) is 3.48. The SMILES string of the molecule is CC(C)(NC(=O)Nc1ccc2c(c1)CN(C1CCC(=O)NC1=O)C2=O)c1ccc(-c2ncc(C#N)s2)cc1. The second kappa shape index (κ2) is 9.72. The van der Waals surface area contributed by atoms with Gasteiger partial charge in [0.2, 0.25) is 11.8 Å². The van der Waals surface area contributed by atoms with E-state index in [1.54, 1.807) is 24.4 Å². The Bertz CT molecular complexity index is 1500. The summed E-state index contributed by atoms with van der Waals surface area (Å²) >= 11 is 1.32. The molecule has 11 heteroatoms. The van der Waals surface area contributed by atoms with Gasteiger partial charge in [-0.2, -0.15) is 5.26 Å². The van der Waals surface area contributed by atoms with Crippen molar-refractivity contribution in [1.29, 1.82) is 5.26 Å². The van der Waals surface area contributed by atoms with E-state index in [1.807, 2.05) is 38.1 Å². The summed E-state index contributed by atoms with van der Waals surface area (Å²) in [4.78, 5) is 55.7. The van der Waals surface area contributed by atoms with Crippen LogP contribution in [0.25, 0.3) is 10.6 Å². The number of nitrogens with zero attached hydrogens (tertiary/aromatic N) is 3. The van der Waals surface area contributed by atoms with Gasteiger partial charge in [-0.25, -0.2) is 9.78 Å². The molecule has 1 fully saturated rings. The fourth-order valence-electron chi connectivity index (χ4n) is 4.66. The molecule has 38 heavy (non-hydrogen) atoms. The molecule has 10 nitrogen and oxygen atoms in total. The number of urea groups is 1. The van der Waals surface area contributed by atoms with Crippen LogP contribution in [0.4, 0.5) is 10.5 Å². The number of thiazole rings is 1. The average molecular weight is 529 g/mol. The highest BCUT2D eigenvalue weighted by atomic mass is 32.1. The zero-order valence-corrected chi connectivity index (χ0v) is 21.5. The lowest BCUT2D eigenvalue weighted by atomic mass is 9.93. The van der Waals surface area contributed by atoms with Crippen LogP contribution in [-0.2, 0) is 21.7 Å². The van der Waals surface area contributed by atoms with Gasteiger partial charge in [0.25, 0.3) is 5.91 Å². The molecule has 0 radical (unpaired) electrons. The molecular formula is C27H24N6O4S. The third kappa shape index (κ3) is 4.86. The van der Waals surface area contributed by atoms with Crippen molar-refractivity contribution >= 4 is 40.8 Å². The number of rotatable bonds is 5. The van der Waals surface area contributed by atoms with Crippen molar-refractivity contribution in [2.24, 2.45) is 0 Å². The molecule has 2 aliphatic heterocycles. The van der Waals surface area contributed by atoms with Gasteiger partial charge in [0.15, 0.2) is 0 Å². The molecule has 3 N–H and O–H groups in total. The fourth-order valence-corrected chi connectivity index (χ4v) is 5.38. The van der Waals surface area contributed by atoms with Crippen molar-refractivity contribution in [3.05, 3.63) is 70.2 Å². The highest BCUT2D eigenvalue weighted by Gasteiger charge is 2.39. The van der Waals surface area contributed by atoms with E-state index in [1.165, 1.54) is 16.2 Å². The van der Waals surface area contributed by atoms with Gasteiger partial charge < -0.3 is 15.5 Å². The van der Waals surface area contributed by atoms with Gasteiger partial charge in [0, 0.05) is 29.8 Å². The van der Waals surface area contributed by atoms with E-state index in [0.29, 0.717) is 28.1 Å². The summed E-state index contributed by atoms with van der Waals surface area (Å²) in [6, 6.07) is 13.6. The Balaban J connectivity index is 1.23. The summed E-state index contributed by atoms with van der Waals surface area (Å²) < 4.78 is 0. The smallest absolute Gasteiger partial charge is 0.319 e. The number of piperidine rings is 1. The summed E-state index contributed by atoms with van der Waals surface area (Å²) in [5.41, 5.74) is 2.77. The Morgan fingerprint density at radius 2 is 1.95 bits per heavy atom. The second-order valence-electron chi connectivity index (χ2n) is 9.69. The molecule has 2 aromatic carbocycles. The molecule has 0 saturated carbocycles. The van der Waals surface area contributed by atoms with Crippen LogP contribution in [0.3, 0.4) is 0 Å². The molecule has 1 unspecified atom stereocenters. The highest BCUT2D eigenvalue weighted by molar-refractivity contribution is 7.15. The largest absolute Gasteiger partial charge is 0.329 e. The summed E-state index contributed by atoms with van der Waals surface area (Å²) in [6.45, 7) is 4.00. The standard InChI is InChI=1S/C27H24N6O4S/c1-27(2,17-5-3-15(4-6-17)24-29-13-19(12-28)38-24)32-26(37)30-18-7-8-20-16(11-18)14-33(25(20)36)21-9-10-22(34)31-23(21)35/h3-8,11,13,21H,9-10,14H2,1-2H3,(H2,30,32,37)(H,31,34,35). The maximum Gasteiger partial charge on any atom is 0.319 e. The van der Waals surface area contributed by atoms with Crippen molar-refractivity contribution in [2.75, 3.05) is 5.32 Å². The van der Waals surface area contributed by atoms with Gasteiger partial charge in [-0.1, -0.05) is 24.3 Å². The van der Waals surface area contributed by atoms with Crippen LogP contribution < -0.4 is 16.0 Å².